The number of nitrogens with one attached hydrogen (secondary N) is 1. The number of benzene rings is 1. The van der Waals surface area contributed by atoms with Crippen molar-refractivity contribution < 1.29 is 5.11 Å². The molecule has 4 nitrogen and oxygen atoms in total. The SMILES string of the molecule is CC(CCn1cccn1)Nc1cccc(CO)c1. The Hall–Kier alpha value is -1.81. The normalized spacial score (nSPS) is 12.3. The van der Waals surface area contributed by atoms with Gasteiger partial charge in [-0.1, -0.05) is 12.1 Å². The van der Waals surface area contributed by atoms with E-state index in [1.54, 1.807) is 6.20 Å². The van der Waals surface area contributed by atoms with Gasteiger partial charge < -0.3 is 10.4 Å². The molecule has 0 saturated heterocycles. The van der Waals surface area contributed by atoms with Crippen molar-refractivity contribution in [2.75, 3.05) is 5.32 Å². The summed E-state index contributed by atoms with van der Waals surface area (Å²) in [6.07, 6.45) is 4.77. The molecule has 0 bridgehead atoms. The van der Waals surface area contributed by atoms with Gasteiger partial charge in [-0.15, -0.1) is 0 Å². The summed E-state index contributed by atoms with van der Waals surface area (Å²) in [7, 11) is 0. The Morgan fingerprint density at radius 2 is 2.28 bits per heavy atom. The Morgan fingerprint density at radius 1 is 1.39 bits per heavy atom. The highest BCUT2D eigenvalue weighted by molar-refractivity contribution is 5.46. The standard InChI is InChI=1S/C14H19N3O/c1-12(6-9-17-8-3-7-15-17)16-14-5-2-4-13(10-14)11-18/h2-5,7-8,10,12,16,18H,6,9,11H2,1H3. The van der Waals surface area contributed by atoms with Gasteiger partial charge in [0, 0.05) is 30.7 Å². The molecule has 0 aliphatic carbocycles. The van der Waals surface area contributed by atoms with Crippen LogP contribution < -0.4 is 5.32 Å². The summed E-state index contributed by atoms with van der Waals surface area (Å²) in [5.41, 5.74) is 1.98. The van der Waals surface area contributed by atoms with Crippen LogP contribution in [0.25, 0.3) is 0 Å². The van der Waals surface area contributed by atoms with E-state index in [2.05, 4.69) is 17.3 Å². The van der Waals surface area contributed by atoms with E-state index in [1.807, 2.05) is 41.2 Å². The number of aryl methyl sites for hydroxylation is 1. The molecule has 0 fully saturated rings. The third kappa shape index (κ3) is 3.60. The first-order valence-electron chi connectivity index (χ1n) is 6.21. The molecule has 1 aromatic heterocycles. The Morgan fingerprint density at radius 3 is 3.00 bits per heavy atom. The van der Waals surface area contributed by atoms with Gasteiger partial charge in [0.05, 0.1) is 6.61 Å². The number of aliphatic hydroxyl groups is 1. The second-order valence-corrected chi connectivity index (χ2v) is 4.46. The highest BCUT2D eigenvalue weighted by Gasteiger charge is 2.03. The number of anilines is 1. The lowest BCUT2D eigenvalue weighted by Gasteiger charge is -2.15. The van der Waals surface area contributed by atoms with Gasteiger partial charge in [0.15, 0.2) is 0 Å². The van der Waals surface area contributed by atoms with E-state index in [-0.39, 0.29) is 6.61 Å². The average molecular weight is 245 g/mol. The van der Waals surface area contributed by atoms with Gasteiger partial charge in [0.2, 0.25) is 0 Å². The molecule has 0 amide bonds. The predicted molar refractivity (Wildman–Crippen MR) is 72.3 cm³/mol. The molecule has 0 saturated carbocycles. The molecule has 0 aliphatic heterocycles. The zero-order valence-corrected chi connectivity index (χ0v) is 10.6. The van der Waals surface area contributed by atoms with Gasteiger partial charge in [-0.05, 0) is 37.1 Å². The van der Waals surface area contributed by atoms with Gasteiger partial charge in [-0.3, -0.25) is 4.68 Å². The van der Waals surface area contributed by atoms with Crippen molar-refractivity contribution in [3.63, 3.8) is 0 Å². The highest BCUT2D eigenvalue weighted by atomic mass is 16.3. The minimum Gasteiger partial charge on any atom is -0.392 e. The van der Waals surface area contributed by atoms with Crippen LogP contribution >= 0.6 is 0 Å². The van der Waals surface area contributed by atoms with E-state index in [4.69, 9.17) is 5.11 Å². The maximum Gasteiger partial charge on any atom is 0.0682 e. The fraction of sp³-hybridized carbons (Fsp3) is 0.357. The van der Waals surface area contributed by atoms with Crippen molar-refractivity contribution in [1.82, 2.24) is 9.78 Å². The zero-order chi connectivity index (χ0) is 12.8. The molecule has 96 valence electrons. The van der Waals surface area contributed by atoms with Crippen LogP contribution in [-0.2, 0) is 13.2 Å². The van der Waals surface area contributed by atoms with E-state index in [0.29, 0.717) is 6.04 Å². The lowest BCUT2D eigenvalue weighted by molar-refractivity contribution is 0.282. The van der Waals surface area contributed by atoms with E-state index in [0.717, 1.165) is 24.2 Å². The fourth-order valence-electron chi connectivity index (χ4n) is 1.87. The van der Waals surface area contributed by atoms with Crippen LogP contribution in [0.2, 0.25) is 0 Å². The van der Waals surface area contributed by atoms with Gasteiger partial charge >= 0.3 is 0 Å². The number of hydrogen-bond acceptors (Lipinski definition) is 3. The van der Waals surface area contributed by atoms with Crippen LogP contribution in [0.15, 0.2) is 42.7 Å². The van der Waals surface area contributed by atoms with Crippen molar-refractivity contribution in [2.45, 2.75) is 32.5 Å². The van der Waals surface area contributed by atoms with Crippen LogP contribution in [-0.4, -0.2) is 20.9 Å². The Kier molecular flexibility index (Phi) is 4.36. The van der Waals surface area contributed by atoms with Crippen LogP contribution in [0.5, 0.6) is 0 Å². The van der Waals surface area contributed by atoms with E-state index in [9.17, 15) is 0 Å². The third-order valence-corrected chi connectivity index (χ3v) is 2.87. The van der Waals surface area contributed by atoms with Gasteiger partial charge in [0.25, 0.3) is 0 Å². The summed E-state index contributed by atoms with van der Waals surface area (Å²) in [6.45, 7) is 3.13. The molecule has 1 aromatic carbocycles. The molecule has 4 heteroatoms. The van der Waals surface area contributed by atoms with Crippen molar-refractivity contribution in [3.05, 3.63) is 48.3 Å². The topological polar surface area (TPSA) is 50.1 Å². The summed E-state index contributed by atoms with van der Waals surface area (Å²) in [4.78, 5) is 0. The van der Waals surface area contributed by atoms with Gasteiger partial charge in [-0.2, -0.15) is 5.10 Å². The molecule has 2 aromatic rings. The van der Waals surface area contributed by atoms with Gasteiger partial charge in [-0.25, -0.2) is 0 Å². The number of nitrogens with zero attached hydrogens (tertiary/aromatic N) is 2. The molecule has 1 atom stereocenters. The average Bonchev–Trinajstić information content (AvgIpc) is 2.90. The maximum absolute atomic E-state index is 9.09. The number of rotatable bonds is 6. The number of hydrogen-bond donors (Lipinski definition) is 2. The first-order valence-corrected chi connectivity index (χ1v) is 6.21. The molecule has 2 rings (SSSR count). The summed E-state index contributed by atoms with van der Waals surface area (Å²) >= 11 is 0. The monoisotopic (exact) mass is 245 g/mol. The molecular formula is C14H19N3O. The first-order chi connectivity index (χ1) is 8.78. The zero-order valence-electron chi connectivity index (χ0n) is 10.6. The van der Waals surface area contributed by atoms with Crippen molar-refractivity contribution in [3.8, 4) is 0 Å². The maximum atomic E-state index is 9.09. The first kappa shape index (κ1) is 12.6. The molecule has 0 radical (unpaired) electrons. The van der Waals surface area contributed by atoms with Crippen molar-refractivity contribution in [2.24, 2.45) is 0 Å². The van der Waals surface area contributed by atoms with Gasteiger partial charge in [0.1, 0.15) is 0 Å². The third-order valence-electron chi connectivity index (χ3n) is 2.87. The van der Waals surface area contributed by atoms with Crippen LogP contribution in [0.1, 0.15) is 18.9 Å². The smallest absolute Gasteiger partial charge is 0.0682 e. The molecule has 0 aliphatic rings. The summed E-state index contributed by atoms with van der Waals surface area (Å²) in [5, 5.41) is 16.7. The summed E-state index contributed by atoms with van der Waals surface area (Å²) in [6, 6.07) is 10.2. The fourth-order valence-corrected chi connectivity index (χ4v) is 1.87. The number of aromatic nitrogens is 2. The quantitative estimate of drug-likeness (QED) is 0.820. The summed E-state index contributed by atoms with van der Waals surface area (Å²) in [5.74, 6) is 0. The predicted octanol–water partition coefficient (Wildman–Crippen LogP) is 2.27. The molecule has 1 unspecified atom stereocenters. The van der Waals surface area contributed by atoms with Crippen molar-refractivity contribution >= 4 is 5.69 Å². The molecule has 1 heterocycles. The van der Waals surface area contributed by atoms with E-state index >= 15 is 0 Å². The van der Waals surface area contributed by atoms with Crippen LogP contribution in [0.3, 0.4) is 0 Å². The lowest BCUT2D eigenvalue weighted by atomic mass is 10.2. The molecular weight excluding hydrogens is 226 g/mol. The largest absolute Gasteiger partial charge is 0.392 e. The Labute approximate surface area is 107 Å². The molecule has 2 N–H and O–H groups in total. The van der Waals surface area contributed by atoms with Crippen molar-refractivity contribution in [1.29, 1.82) is 0 Å². The second kappa shape index (κ2) is 6.21. The summed E-state index contributed by atoms with van der Waals surface area (Å²) < 4.78 is 1.93. The minimum atomic E-state index is 0.0805. The second-order valence-electron chi connectivity index (χ2n) is 4.46. The molecule has 0 spiro atoms. The minimum absolute atomic E-state index is 0.0805. The Bertz CT molecular complexity index is 468. The van der Waals surface area contributed by atoms with E-state index in [1.165, 1.54) is 0 Å². The molecule has 18 heavy (non-hydrogen) atoms. The van der Waals surface area contributed by atoms with Crippen LogP contribution in [0, 0.1) is 0 Å². The lowest BCUT2D eigenvalue weighted by Crippen LogP contribution is -2.18. The van der Waals surface area contributed by atoms with Crippen LogP contribution in [0.4, 0.5) is 5.69 Å². The van der Waals surface area contributed by atoms with E-state index < -0.39 is 0 Å². The Balaban J connectivity index is 1.84. The number of aliphatic hydroxyl groups excluding tert-OH is 1. The highest BCUT2D eigenvalue weighted by Crippen LogP contribution is 2.13.